The van der Waals surface area contributed by atoms with Gasteiger partial charge < -0.3 is 19.9 Å². The fraction of sp³-hybridized carbons (Fsp3) is 0.440. The number of nitriles is 1. The smallest absolute Gasteiger partial charge is 0.158 e. The second kappa shape index (κ2) is 10.5. The van der Waals surface area contributed by atoms with Crippen LogP contribution in [0.25, 0.3) is 11.3 Å². The van der Waals surface area contributed by atoms with Crippen LogP contribution in [0.4, 0.5) is 17.3 Å². The van der Waals surface area contributed by atoms with Crippen LogP contribution >= 0.6 is 0 Å². The van der Waals surface area contributed by atoms with Crippen molar-refractivity contribution >= 4 is 17.3 Å². The van der Waals surface area contributed by atoms with Crippen LogP contribution in [0, 0.1) is 17.2 Å². The fourth-order valence-corrected chi connectivity index (χ4v) is 4.39. The maximum atomic E-state index is 8.85. The standard InChI is InChI=1S/C25H32N8O/c1-17(2)33-9-7-18(8-10-33)16-32(3)20-5-6-21(23(11-20)34-4)22-12-24(31-30-22)29-25-15-27-19(13-26)14-28-25/h5-6,11-12,14-15,17-18H,7-10,16H2,1-4H3,(H2,28,29,30,31). The molecule has 3 heterocycles. The Morgan fingerprint density at radius 1 is 1.21 bits per heavy atom. The number of rotatable bonds is 8. The Kier molecular flexibility index (Phi) is 7.28. The molecule has 0 aliphatic carbocycles. The van der Waals surface area contributed by atoms with E-state index in [1.807, 2.05) is 12.1 Å². The molecule has 0 unspecified atom stereocenters. The number of benzene rings is 1. The lowest BCUT2D eigenvalue weighted by atomic mass is 9.95. The van der Waals surface area contributed by atoms with Crippen molar-refractivity contribution in [2.75, 3.05) is 44.0 Å². The highest BCUT2D eigenvalue weighted by Gasteiger charge is 2.22. The molecule has 1 aromatic carbocycles. The zero-order valence-corrected chi connectivity index (χ0v) is 20.2. The number of H-pyrrole nitrogens is 1. The average molecular weight is 461 g/mol. The average Bonchev–Trinajstić information content (AvgIpc) is 3.32. The molecule has 178 valence electrons. The SMILES string of the molecule is COc1cc(N(C)CC2CCN(C(C)C)CC2)ccc1-c1cc(Nc2cnc(C#N)cn2)n[nH]1. The Labute approximate surface area is 200 Å². The highest BCUT2D eigenvalue weighted by atomic mass is 16.5. The highest BCUT2D eigenvalue weighted by Crippen LogP contribution is 2.34. The number of methoxy groups -OCH3 is 1. The van der Waals surface area contributed by atoms with Gasteiger partial charge in [0.1, 0.15) is 17.6 Å². The first kappa shape index (κ1) is 23.5. The van der Waals surface area contributed by atoms with Gasteiger partial charge in [-0.3, -0.25) is 5.10 Å². The predicted molar refractivity (Wildman–Crippen MR) is 133 cm³/mol. The molecule has 1 aliphatic rings. The van der Waals surface area contributed by atoms with Crippen LogP contribution in [0.3, 0.4) is 0 Å². The summed E-state index contributed by atoms with van der Waals surface area (Å²) in [5.74, 6) is 2.61. The van der Waals surface area contributed by atoms with Gasteiger partial charge in [-0.2, -0.15) is 10.4 Å². The van der Waals surface area contributed by atoms with Crippen molar-refractivity contribution in [3.05, 3.63) is 42.4 Å². The molecule has 4 rings (SSSR count). The van der Waals surface area contributed by atoms with E-state index in [0.29, 0.717) is 23.6 Å². The van der Waals surface area contributed by atoms with Crippen LogP contribution in [0.2, 0.25) is 0 Å². The van der Waals surface area contributed by atoms with Gasteiger partial charge in [0, 0.05) is 43.0 Å². The van der Waals surface area contributed by atoms with Gasteiger partial charge in [-0.1, -0.05) is 0 Å². The summed E-state index contributed by atoms with van der Waals surface area (Å²) in [5, 5.41) is 19.3. The van der Waals surface area contributed by atoms with E-state index < -0.39 is 0 Å². The number of aromatic nitrogens is 4. The molecular weight excluding hydrogens is 428 g/mol. The number of hydrogen-bond acceptors (Lipinski definition) is 8. The molecule has 3 aromatic rings. The maximum Gasteiger partial charge on any atom is 0.158 e. The van der Waals surface area contributed by atoms with E-state index in [4.69, 9.17) is 10.00 Å². The lowest BCUT2D eigenvalue weighted by Gasteiger charge is -2.36. The Morgan fingerprint density at radius 3 is 2.65 bits per heavy atom. The van der Waals surface area contributed by atoms with Gasteiger partial charge in [0.15, 0.2) is 11.5 Å². The molecule has 1 aliphatic heterocycles. The van der Waals surface area contributed by atoms with Gasteiger partial charge in [0.2, 0.25) is 0 Å². The van der Waals surface area contributed by atoms with Crippen LogP contribution in [0.1, 0.15) is 32.4 Å². The largest absolute Gasteiger partial charge is 0.496 e. The normalized spacial score (nSPS) is 14.7. The first-order chi connectivity index (χ1) is 16.5. The van der Waals surface area contributed by atoms with Gasteiger partial charge >= 0.3 is 0 Å². The van der Waals surface area contributed by atoms with Crippen LogP contribution in [-0.2, 0) is 0 Å². The topological polar surface area (TPSA) is 106 Å². The zero-order chi connectivity index (χ0) is 24.1. The number of ether oxygens (including phenoxy) is 1. The molecule has 0 radical (unpaired) electrons. The highest BCUT2D eigenvalue weighted by molar-refractivity contribution is 5.73. The Hall–Kier alpha value is -3.64. The van der Waals surface area contributed by atoms with Crippen LogP contribution in [0.15, 0.2) is 36.7 Å². The van der Waals surface area contributed by atoms with Crippen molar-refractivity contribution in [1.29, 1.82) is 5.26 Å². The van der Waals surface area contributed by atoms with Gasteiger partial charge in [0.05, 0.1) is 25.2 Å². The Morgan fingerprint density at radius 2 is 2.00 bits per heavy atom. The van der Waals surface area contributed by atoms with E-state index in [9.17, 15) is 0 Å². The van der Waals surface area contributed by atoms with Gasteiger partial charge in [-0.05, 0) is 57.8 Å². The summed E-state index contributed by atoms with van der Waals surface area (Å²) < 4.78 is 5.72. The first-order valence-corrected chi connectivity index (χ1v) is 11.6. The van der Waals surface area contributed by atoms with E-state index in [1.165, 1.54) is 38.3 Å². The fourth-order valence-electron chi connectivity index (χ4n) is 4.39. The zero-order valence-electron chi connectivity index (χ0n) is 20.2. The second-order valence-corrected chi connectivity index (χ2v) is 9.03. The van der Waals surface area contributed by atoms with Crippen molar-refractivity contribution in [2.24, 2.45) is 5.92 Å². The lowest BCUT2D eigenvalue weighted by Crippen LogP contribution is -2.41. The summed E-state index contributed by atoms with van der Waals surface area (Å²) in [5.41, 5.74) is 3.16. The minimum atomic E-state index is 0.268. The van der Waals surface area contributed by atoms with Crippen molar-refractivity contribution in [3.8, 4) is 23.1 Å². The Balaban J connectivity index is 1.42. The summed E-state index contributed by atoms with van der Waals surface area (Å²) in [6.45, 7) is 7.96. The number of likely N-dealkylation sites (tertiary alicyclic amines) is 1. The molecule has 34 heavy (non-hydrogen) atoms. The number of hydrogen-bond donors (Lipinski definition) is 2. The minimum Gasteiger partial charge on any atom is -0.496 e. The number of piperidine rings is 1. The summed E-state index contributed by atoms with van der Waals surface area (Å²) in [7, 11) is 3.84. The summed E-state index contributed by atoms with van der Waals surface area (Å²) >= 11 is 0. The lowest BCUT2D eigenvalue weighted by molar-refractivity contribution is 0.151. The Bertz CT molecular complexity index is 1130. The van der Waals surface area contributed by atoms with Gasteiger partial charge in [-0.15, -0.1) is 0 Å². The minimum absolute atomic E-state index is 0.268. The van der Waals surface area contributed by atoms with Crippen LogP contribution in [0.5, 0.6) is 5.75 Å². The van der Waals surface area contributed by atoms with E-state index in [0.717, 1.165) is 29.2 Å². The van der Waals surface area contributed by atoms with Crippen molar-refractivity contribution < 1.29 is 4.74 Å². The van der Waals surface area contributed by atoms with E-state index in [-0.39, 0.29) is 5.69 Å². The molecule has 0 amide bonds. The summed E-state index contributed by atoms with van der Waals surface area (Å²) in [6, 6.07) is 10.7. The third-order valence-corrected chi connectivity index (χ3v) is 6.43. The molecule has 1 saturated heterocycles. The molecule has 9 nitrogen and oxygen atoms in total. The third kappa shape index (κ3) is 5.46. The van der Waals surface area contributed by atoms with E-state index >= 15 is 0 Å². The van der Waals surface area contributed by atoms with Crippen molar-refractivity contribution in [3.63, 3.8) is 0 Å². The number of anilines is 3. The van der Waals surface area contributed by atoms with E-state index in [2.05, 4.69) is 74.4 Å². The molecule has 1 fully saturated rings. The van der Waals surface area contributed by atoms with Crippen molar-refractivity contribution in [2.45, 2.75) is 32.7 Å². The van der Waals surface area contributed by atoms with Crippen molar-refractivity contribution in [1.82, 2.24) is 25.1 Å². The summed E-state index contributed by atoms with van der Waals surface area (Å²) in [4.78, 5) is 13.1. The molecule has 0 spiro atoms. The molecule has 0 bridgehead atoms. The number of nitrogens with zero attached hydrogens (tertiary/aromatic N) is 6. The predicted octanol–water partition coefficient (Wildman–Crippen LogP) is 4.05. The van der Waals surface area contributed by atoms with Gasteiger partial charge in [0.25, 0.3) is 0 Å². The quantitative estimate of drug-likeness (QED) is 0.519. The monoisotopic (exact) mass is 460 g/mol. The third-order valence-electron chi connectivity index (χ3n) is 6.43. The molecule has 2 N–H and O–H groups in total. The number of nitrogens with one attached hydrogen (secondary N) is 2. The van der Waals surface area contributed by atoms with Crippen LogP contribution in [-0.4, -0.2) is 64.9 Å². The molecule has 2 aromatic heterocycles. The van der Waals surface area contributed by atoms with Gasteiger partial charge in [-0.25, -0.2) is 9.97 Å². The molecular formula is C25H32N8O. The maximum absolute atomic E-state index is 8.85. The van der Waals surface area contributed by atoms with Crippen LogP contribution < -0.4 is 15.0 Å². The first-order valence-electron chi connectivity index (χ1n) is 11.6. The van der Waals surface area contributed by atoms with E-state index in [1.54, 1.807) is 7.11 Å². The molecule has 9 heteroatoms. The molecule has 0 atom stereocenters. The second-order valence-electron chi connectivity index (χ2n) is 9.03. The molecule has 0 saturated carbocycles. The number of aromatic amines is 1. The summed E-state index contributed by atoms with van der Waals surface area (Å²) in [6.07, 6.45) is 5.41.